The van der Waals surface area contributed by atoms with E-state index in [1.54, 1.807) is 18.2 Å². The number of rotatable bonds is 5. The molecule has 0 radical (unpaired) electrons. The molecule has 0 fully saturated rings. The average molecular weight is 313 g/mol. The number of carbonyl (C=O) groups excluding carboxylic acids is 2. The van der Waals surface area contributed by atoms with Crippen LogP contribution < -0.4 is 10.6 Å². The summed E-state index contributed by atoms with van der Waals surface area (Å²) < 4.78 is 0. The van der Waals surface area contributed by atoms with Crippen LogP contribution in [0.5, 0.6) is 0 Å². The van der Waals surface area contributed by atoms with Crippen molar-refractivity contribution in [1.82, 2.24) is 5.32 Å². The quantitative estimate of drug-likeness (QED) is 0.821. The largest absolute Gasteiger partial charge is 0.352 e. The van der Waals surface area contributed by atoms with Crippen molar-refractivity contribution in [1.29, 1.82) is 0 Å². The van der Waals surface area contributed by atoms with Crippen molar-refractivity contribution in [3.8, 4) is 0 Å². The van der Waals surface area contributed by atoms with Crippen LogP contribution in [0.2, 0.25) is 0 Å². The second kappa shape index (κ2) is 7.16. The van der Waals surface area contributed by atoms with E-state index < -0.39 is 0 Å². The normalized spacial score (nSPS) is 9.94. The first-order valence-electron chi connectivity index (χ1n) is 5.83. The first-order chi connectivity index (χ1) is 8.58. The smallest absolute Gasteiger partial charge is 0.251 e. The van der Waals surface area contributed by atoms with E-state index in [1.165, 1.54) is 0 Å². The summed E-state index contributed by atoms with van der Waals surface area (Å²) in [7, 11) is 0. The number of benzene rings is 1. The van der Waals surface area contributed by atoms with E-state index >= 15 is 0 Å². The van der Waals surface area contributed by atoms with Gasteiger partial charge >= 0.3 is 0 Å². The zero-order valence-corrected chi connectivity index (χ0v) is 12.1. The number of halogens is 1. The Kier molecular flexibility index (Phi) is 5.85. The molecule has 18 heavy (non-hydrogen) atoms. The lowest BCUT2D eigenvalue weighted by Crippen LogP contribution is -2.22. The molecule has 1 aromatic carbocycles. The Bertz CT molecular complexity index is 447. The van der Waals surface area contributed by atoms with Crippen LogP contribution >= 0.6 is 15.9 Å². The fourth-order valence-electron chi connectivity index (χ4n) is 1.51. The molecule has 98 valence electrons. The second-order valence-corrected chi connectivity index (χ2v) is 4.67. The van der Waals surface area contributed by atoms with Crippen molar-refractivity contribution in [2.75, 3.05) is 17.2 Å². The highest BCUT2D eigenvalue weighted by molar-refractivity contribution is 9.09. The van der Waals surface area contributed by atoms with Gasteiger partial charge in [0.1, 0.15) is 0 Å². The Morgan fingerprint density at radius 1 is 1.33 bits per heavy atom. The van der Waals surface area contributed by atoms with Crippen molar-refractivity contribution in [2.24, 2.45) is 0 Å². The molecule has 0 aliphatic heterocycles. The Morgan fingerprint density at radius 3 is 2.61 bits per heavy atom. The van der Waals surface area contributed by atoms with Gasteiger partial charge in [0.05, 0.1) is 0 Å². The molecule has 0 spiro atoms. The van der Waals surface area contributed by atoms with Crippen LogP contribution in [0.3, 0.4) is 0 Å². The van der Waals surface area contributed by atoms with Gasteiger partial charge < -0.3 is 10.6 Å². The zero-order chi connectivity index (χ0) is 13.5. The molecule has 0 aromatic heterocycles. The minimum Gasteiger partial charge on any atom is -0.352 e. The second-order valence-electron chi connectivity index (χ2n) is 3.88. The third-order valence-corrected chi connectivity index (χ3v) is 2.82. The highest BCUT2D eigenvalue weighted by Crippen LogP contribution is 2.17. The van der Waals surface area contributed by atoms with Crippen LogP contribution in [-0.2, 0) is 4.79 Å². The standard InChI is InChI=1S/C13H17BrN2O2/c1-3-15-13(18)10-4-5-11(9(2)8-10)16-12(17)6-7-14/h4-5,8H,3,6-7H2,1-2H3,(H,15,18)(H,16,17). The van der Waals surface area contributed by atoms with E-state index in [4.69, 9.17) is 0 Å². The number of nitrogens with one attached hydrogen (secondary N) is 2. The first-order valence-corrected chi connectivity index (χ1v) is 6.95. The van der Waals surface area contributed by atoms with Gasteiger partial charge in [0.15, 0.2) is 0 Å². The molecule has 0 aliphatic rings. The highest BCUT2D eigenvalue weighted by atomic mass is 79.9. The molecule has 5 heteroatoms. The molecule has 0 saturated heterocycles. The molecule has 1 rings (SSSR count). The number of amides is 2. The summed E-state index contributed by atoms with van der Waals surface area (Å²) in [4.78, 5) is 23.1. The monoisotopic (exact) mass is 312 g/mol. The number of hydrogen-bond donors (Lipinski definition) is 2. The number of hydrogen-bond acceptors (Lipinski definition) is 2. The van der Waals surface area contributed by atoms with Crippen molar-refractivity contribution in [2.45, 2.75) is 20.3 Å². The maximum Gasteiger partial charge on any atom is 0.251 e. The number of anilines is 1. The lowest BCUT2D eigenvalue weighted by atomic mass is 10.1. The number of carbonyl (C=O) groups is 2. The summed E-state index contributed by atoms with van der Waals surface area (Å²) in [6.07, 6.45) is 0.428. The molecule has 0 heterocycles. The predicted octanol–water partition coefficient (Wildman–Crippen LogP) is 2.47. The van der Waals surface area contributed by atoms with E-state index in [-0.39, 0.29) is 11.8 Å². The maximum atomic E-state index is 11.6. The van der Waals surface area contributed by atoms with E-state index in [1.807, 2.05) is 13.8 Å². The van der Waals surface area contributed by atoms with Gasteiger partial charge in [-0.15, -0.1) is 0 Å². The Labute approximate surface area is 115 Å². The van der Waals surface area contributed by atoms with Crippen LogP contribution in [-0.4, -0.2) is 23.7 Å². The SMILES string of the molecule is CCNC(=O)c1ccc(NC(=O)CCBr)c(C)c1. The fourth-order valence-corrected chi connectivity index (χ4v) is 1.87. The molecular formula is C13H17BrN2O2. The van der Waals surface area contributed by atoms with E-state index in [9.17, 15) is 9.59 Å². The van der Waals surface area contributed by atoms with Crippen molar-refractivity contribution < 1.29 is 9.59 Å². The Hall–Kier alpha value is -1.36. The van der Waals surface area contributed by atoms with Crippen molar-refractivity contribution in [3.63, 3.8) is 0 Å². The van der Waals surface area contributed by atoms with Gasteiger partial charge in [-0.2, -0.15) is 0 Å². The molecule has 0 saturated carbocycles. The molecule has 2 amide bonds. The Balaban J connectivity index is 2.79. The van der Waals surface area contributed by atoms with E-state index in [2.05, 4.69) is 26.6 Å². The van der Waals surface area contributed by atoms with Crippen LogP contribution in [0, 0.1) is 6.92 Å². The van der Waals surface area contributed by atoms with E-state index in [0.29, 0.717) is 23.9 Å². The van der Waals surface area contributed by atoms with Gasteiger partial charge in [0.2, 0.25) is 5.91 Å². The van der Waals surface area contributed by atoms with E-state index in [0.717, 1.165) is 11.3 Å². The van der Waals surface area contributed by atoms with Crippen molar-refractivity contribution >= 4 is 33.4 Å². The minimum atomic E-state index is -0.0982. The molecule has 4 nitrogen and oxygen atoms in total. The number of alkyl halides is 1. The van der Waals surface area contributed by atoms with Crippen molar-refractivity contribution in [3.05, 3.63) is 29.3 Å². The number of aryl methyl sites for hydroxylation is 1. The van der Waals surface area contributed by atoms with Gasteiger partial charge in [0.25, 0.3) is 5.91 Å². The molecular weight excluding hydrogens is 296 g/mol. The van der Waals surface area contributed by atoms with Crippen LogP contribution in [0.4, 0.5) is 5.69 Å². The maximum absolute atomic E-state index is 11.6. The van der Waals surface area contributed by atoms with Gasteiger partial charge in [-0.25, -0.2) is 0 Å². The van der Waals surface area contributed by atoms with Crippen LogP contribution in [0.15, 0.2) is 18.2 Å². The molecule has 1 aromatic rings. The summed E-state index contributed by atoms with van der Waals surface area (Å²) in [6, 6.07) is 5.24. The molecule has 2 N–H and O–H groups in total. The minimum absolute atomic E-state index is 0.0410. The van der Waals surface area contributed by atoms with Crippen LogP contribution in [0.1, 0.15) is 29.3 Å². The summed E-state index contributed by atoms with van der Waals surface area (Å²) >= 11 is 3.22. The Morgan fingerprint density at radius 2 is 2.06 bits per heavy atom. The summed E-state index contributed by atoms with van der Waals surface area (Å²) in [5.41, 5.74) is 2.23. The summed E-state index contributed by atoms with van der Waals surface area (Å²) in [6.45, 7) is 4.34. The topological polar surface area (TPSA) is 58.2 Å². The van der Waals surface area contributed by atoms with Gasteiger partial charge in [-0.05, 0) is 37.6 Å². The highest BCUT2D eigenvalue weighted by Gasteiger charge is 2.08. The fraction of sp³-hybridized carbons (Fsp3) is 0.385. The average Bonchev–Trinajstić information content (AvgIpc) is 2.32. The lowest BCUT2D eigenvalue weighted by molar-refractivity contribution is -0.115. The third-order valence-electron chi connectivity index (χ3n) is 2.42. The molecule has 0 bridgehead atoms. The molecule has 0 unspecified atom stereocenters. The summed E-state index contributed by atoms with van der Waals surface area (Å²) in [5, 5.41) is 6.18. The van der Waals surface area contributed by atoms with Gasteiger partial charge in [-0.1, -0.05) is 15.9 Å². The predicted molar refractivity (Wildman–Crippen MR) is 76.2 cm³/mol. The first kappa shape index (κ1) is 14.7. The molecule has 0 aliphatic carbocycles. The molecule has 0 atom stereocenters. The summed E-state index contributed by atoms with van der Waals surface area (Å²) in [5.74, 6) is -0.139. The lowest BCUT2D eigenvalue weighted by Gasteiger charge is -2.09. The van der Waals surface area contributed by atoms with Gasteiger partial charge in [-0.3, -0.25) is 9.59 Å². The third kappa shape index (κ3) is 4.14. The van der Waals surface area contributed by atoms with Gasteiger partial charge in [0, 0.05) is 29.5 Å². The zero-order valence-electron chi connectivity index (χ0n) is 10.5. The van der Waals surface area contributed by atoms with Crippen LogP contribution in [0.25, 0.3) is 0 Å².